The monoisotopic (exact) mass is 318 g/mol. The average Bonchev–Trinajstić information content (AvgIpc) is 2.52. The van der Waals surface area contributed by atoms with Crippen LogP contribution in [0.3, 0.4) is 0 Å². The highest BCUT2D eigenvalue weighted by Crippen LogP contribution is 2.35. The normalized spacial score (nSPS) is 22.9. The van der Waals surface area contributed by atoms with Crippen LogP contribution in [-0.4, -0.2) is 43.5 Å². The zero-order valence-corrected chi connectivity index (χ0v) is 12.6. The zero-order chi connectivity index (χ0) is 16.2. The predicted octanol–water partition coefficient (Wildman–Crippen LogP) is 2.72. The molecular weight excluding hydrogens is 297 g/mol. The van der Waals surface area contributed by atoms with Crippen molar-refractivity contribution in [3.05, 3.63) is 23.9 Å². The molecule has 22 heavy (non-hydrogen) atoms. The van der Waals surface area contributed by atoms with Crippen molar-refractivity contribution in [2.75, 3.05) is 38.3 Å². The Morgan fingerprint density at radius 1 is 1.41 bits per heavy atom. The summed E-state index contributed by atoms with van der Waals surface area (Å²) in [6.07, 6.45) is -1.05. The number of methoxy groups -OCH3 is 1. The van der Waals surface area contributed by atoms with Gasteiger partial charge in [-0.15, -0.1) is 0 Å². The molecule has 2 rings (SSSR count). The molecule has 0 unspecified atom stereocenters. The van der Waals surface area contributed by atoms with E-state index in [1.807, 2.05) is 4.90 Å². The lowest BCUT2D eigenvalue weighted by Crippen LogP contribution is -2.46. The van der Waals surface area contributed by atoms with Gasteiger partial charge in [-0.3, -0.25) is 0 Å². The summed E-state index contributed by atoms with van der Waals surface area (Å²) in [6, 6.07) is 2.44. The fourth-order valence-electron chi connectivity index (χ4n) is 2.87. The van der Waals surface area contributed by atoms with E-state index in [0.717, 1.165) is 38.1 Å². The van der Waals surface area contributed by atoms with Gasteiger partial charge in [-0.2, -0.15) is 13.2 Å². The lowest BCUT2D eigenvalue weighted by atomic mass is 9.78. The second-order valence-electron chi connectivity index (χ2n) is 5.83. The first-order valence-electron chi connectivity index (χ1n) is 7.28. The lowest BCUT2D eigenvalue weighted by Gasteiger charge is -2.42. The van der Waals surface area contributed by atoms with Crippen molar-refractivity contribution in [2.24, 2.45) is 5.41 Å². The van der Waals surface area contributed by atoms with Gasteiger partial charge < -0.3 is 14.7 Å². The summed E-state index contributed by atoms with van der Waals surface area (Å²) in [5.74, 6) is 0.517. The fourth-order valence-corrected chi connectivity index (χ4v) is 2.87. The minimum atomic E-state index is -4.37. The highest BCUT2D eigenvalue weighted by Gasteiger charge is 2.36. The molecule has 0 saturated carbocycles. The van der Waals surface area contributed by atoms with Gasteiger partial charge >= 0.3 is 6.18 Å². The van der Waals surface area contributed by atoms with Gasteiger partial charge in [0.25, 0.3) is 0 Å². The van der Waals surface area contributed by atoms with Crippen molar-refractivity contribution in [3.63, 3.8) is 0 Å². The van der Waals surface area contributed by atoms with E-state index >= 15 is 0 Å². The molecule has 1 aromatic rings. The highest BCUT2D eigenvalue weighted by molar-refractivity contribution is 5.40. The largest absolute Gasteiger partial charge is 0.417 e. The molecule has 0 aromatic carbocycles. The molecule has 1 aromatic heterocycles. The minimum absolute atomic E-state index is 0.0352. The first-order chi connectivity index (χ1) is 10.4. The molecule has 4 nitrogen and oxygen atoms in total. The van der Waals surface area contributed by atoms with Gasteiger partial charge in [-0.1, -0.05) is 0 Å². The summed E-state index contributed by atoms with van der Waals surface area (Å²) in [5, 5.41) is 9.73. The molecule has 1 fully saturated rings. The minimum Gasteiger partial charge on any atom is -0.396 e. The zero-order valence-electron chi connectivity index (χ0n) is 12.6. The van der Waals surface area contributed by atoms with Crippen LogP contribution >= 0.6 is 0 Å². The van der Waals surface area contributed by atoms with Crippen LogP contribution < -0.4 is 4.90 Å². The Morgan fingerprint density at radius 2 is 2.18 bits per heavy atom. The SMILES string of the molecule is COCC[C@@]1(CO)CCCN(c2ccc(C(F)(F)F)cn2)C1. The molecule has 7 heteroatoms. The van der Waals surface area contributed by atoms with E-state index < -0.39 is 11.7 Å². The van der Waals surface area contributed by atoms with Gasteiger partial charge in [0.1, 0.15) is 5.82 Å². The Labute approximate surface area is 127 Å². The number of pyridine rings is 1. The number of alkyl halides is 3. The van der Waals surface area contributed by atoms with E-state index in [4.69, 9.17) is 4.74 Å². The van der Waals surface area contributed by atoms with Gasteiger partial charge in [-0.05, 0) is 31.4 Å². The number of aliphatic hydroxyl groups is 1. The van der Waals surface area contributed by atoms with Gasteiger partial charge in [0.15, 0.2) is 0 Å². The molecule has 1 aliphatic heterocycles. The number of anilines is 1. The number of aliphatic hydroxyl groups excluding tert-OH is 1. The number of rotatable bonds is 5. The van der Waals surface area contributed by atoms with Crippen molar-refractivity contribution < 1.29 is 23.0 Å². The van der Waals surface area contributed by atoms with Gasteiger partial charge in [-0.25, -0.2) is 4.98 Å². The number of nitrogens with zero attached hydrogens (tertiary/aromatic N) is 2. The Morgan fingerprint density at radius 3 is 2.73 bits per heavy atom. The second-order valence-corrected chi connectivity index (χ2v) is 5.83. The van der Waals surface area contributed by atoms with Crippen LogP contribution in [-0.2, 0) is 10.9 Å². The number of ether oxygens (including phenoxy) is 1. The molecule has 1 saturated heterocycles. The third-order valence-electron chi connectivity index (χ3n) is 4.23. The maximum absolute atomic E-state index is 12.6. The van der Waals surface area contributed by atoms with Crippen molar-refractivity contribution in [3.8, 4) is 0 Å². The summed E-state index contributed by atoms with van der Waals surface area (Å²) in [7, 11) is 1.61. The summed E-state index contributed by atoms with van der Waals surface area (Å²) in [5.41, 5.74) is -1.03. The van der Waals surface area contributed by atoms with Crippen LogP contribution in [0.2, 0.25) is 0 Å². The molecule has 1 atom stereocenters. The van der Waals surface area contributed by atoms with E-state index in [9.17, 15) is 18.3 Å². The summed E-state index contributed by atoms with van der Waals surface area (Å²) in [6.45, 7) is 1.89. The van der Waals surface area contributed by atoms with Gasteiger partial charge in [0.2, 0.25) is 0 Å². The molecule has 124 valence electrons. The van der Waals surface area contributed by atoms with Crippen LogP contribution in [0.5, 0.6) is 0 Å². The number of aromatic nitrogens is 1. The van der Waals surface area contributed by atoms with Gasteiger partial charge in [0, 0.05) is 38.4 Å². The highest BCUT2D eigenvalue weighted by atomic mass is 19.4. The van der Waals surface area contributed by atoms with Crippen LogP contribution in [0.4, 0.5) is 19.0 Å². The Balaban J connectivity index is 2.11. The molecule has 2 heterocycles. The molecule has 1 aliphatic rings. The molecule has 0 radical (unpaired) electrons. The number of halogens is 3. The summed E-state index contributed by atoms with van der Waals surface area (Å²) >= 11 is 0. The molecule has 0 spiro atoms. The van der Waals surface area contributed by atoms with Crippen molar-refractivity contribution >= 4 is 5.82 Å². The Bertz CT molecular complexity index is 479. The van der Waals surface area contributed by atoms with Crippen molar-refractivity contribution in [1.29, 1.82) is 0 Å². The molecule has 0 bridgehead atoms. The lowest BCUT2D eigenvalue weighted by molar-refractivity contribution is -0.137. The predicted molar refractivity (Wildman–Crippen MR) is 76.7 cm³/mol. The maximum Gasteiger partial charge on any atom is 0.417 e. The molecular formula is C15H21F3N2O2. The fraction of sp³-hybridized carbons (Fsp3) is 0.667. The van der Waals surface area contributed by atoms with E-state index in [2.05, 4.69) is 4.98 Å². The number of hydrogen-bond acceptors (Lipinski definition) is 4. The molecule has 0 aliphatic carbocycles. The van der Waals surface area contributed by atoms with E-state index in [0.29, 0.717) is 19.0 Å². The van der Waals surface area contributed by atoms with Crippen LogP contribution in [0, 0.1) is 5.41 Å². The quantitative estimate of drug-likeness (QED) is 0.907. The van der Waals surface area contributed by atoms with E-state index in [1.54, 1.807) is 7.11 Å². The first kappa shape index (κ1) is 17.0. The van der Waals surface area contributed by atoms with Crippen LogP contribution in [0.25, 0.3) is 0 Å². The first-order valence-corrected chi connectivity index (χ1v) is 7.28. The van der Waals surface area contributed by atoms with Gasteiger partial charge in [0.05, 0.1) is 12.2 Å². The second kappa shape index (κ2) is 6.83. The third kappa shape index (κ3) is 3.89. The Kier molecular flexibility index (Phi) is 5.28. The number of hydrogen-bond donors (Lipinski definition) is 1. The molecule has 0 amide bonds. The van der Waals surface area contributed by atoms with Crippen molar-refractivity contribution in [1.82, 2.24) is 4.98 Å². The summed E-state index contributed by atoms with van der Waals surface area (Å²) < 4.78 is 42.8. The Hall–Kier alpha value is -1.34. The maximum atomic E-state index is 12.6. The average molecular weight is 318 g/mol. The summed E-state index contributed by atoms with van der Waals surface area (Å²) in [4.78, 5) is 5.88. The molecule has 1 N–H and O–H groups in total. The van der Waals surface area contributed by atoms with E-state index in [1.165, 1.54) is 6.07 Å². The van der Waals surface area contributed by atoms with Crippen molar-refractivity contribution in [2.45, 2.75) is 25.4 Å². The van der Waals surface area contributed by atoms with E-state index in [-0.39, 0.29) is 12.0 Å². The standard InChI is InChI=1S/C15H21F3N2O2/c1-22-8-6-14(11-21)5-2-7-20(10-14)13-4-3-12(9-19-13)15(16,17)18/h3-4,9,21H,2,5-8,10-11H2,1H3/t14-/m0/s1. The van der Waals surface area contributed by atoms with Crippen LogP contribution in [0.1, 0.15) is 24.8 Å². The topological polar surface area (TPSA) is 45.6 Å². The van der Waals surface area contributed by atoms with Crippen LogP contribution in [0.15, 0.2) is 18.3 Å². The smallest absolute Gasteiger partial charge is 0.396 e. The number of piperidine rings is 1. The third-order valence-corrected chi connectivity index (χ3v) is 4.23.